The maximum absolute atomic E-state index is 12.4. The van der Waals surface area contributed by atoms with Gasteiger partial charge in [-0.25, -0.2) is 9.69 Å². The van der Waals surface area contributed by atoms with E-state index < -0.39 is 5.97 Å². The van der Waals surface area contributed by atoms with Crippen LogP contribution in [0.5, 0.6) is 0 Å². The van der Waals surface area contributed by atoms with Crippen LogP contribution in [0.1, 0.15) is 23.2 Å². The van der Waals surface area contributed by atoms with Crippen molar-refractivity contribution in [1.82, 2.24) is 0 Å². The Labute approximate surface area is 125 Å². The second-order valence-electron chi connectivity index (χ2n) is 5.17. The van der Waals surface area contributed by atoms with E-state index in [1.165, 1.54) is 18.2 Å². The molecule has 2 amide bonds. The number of carbonyl (C=O) groups excluding carboxylic acids is 2. The zero-order valence-corrected chi connectivity index (χ0v) is 11.7. The van der Waals surface area contributed by atoms with E-state index in [1.807, 2.05) is 12.2 Å². The minimum Gasteiger partial charge on any atom is -0.478 e. The second kappa shape index (κ2) is 5.00. The fourth-order valence-electron chi connectivity index (χ4n) is 2.88. The van der Waals surface area contributed by atoms with Crippen LogP contribution in [-0.4, -0.2) is 22.9 Å². The van der Waals surface area contributed by atoms with Gasteiger partial charge in [-0.15, -0.1) is 0 Å². The third kappa shape index (κ3) is 2.23. The molecule has 0 aromatic heterocycles. The highest BCUT2D eigenvalue weighted by molar-refractivity contribution is 6.32. The van der Waals surface area contributed by atoms with Crippen LogP contribution < -0.4 is 4.90 Å². The summed E-state index contributed by atoms with van der Waals surface area (Å²) in [6, 6.07) is 4.02. The number of carbonyl (C=O) groups is 3. The lowest BCUT2D eigenvalue weighted by Crippen LogP contribution is -2.31. The van der Waals surface area contributed by atoms with E-state index in [1.54, 1.807) is 0 Å². The van der Waals surface area contributed by atoms with Crippen molar-refractivity contribution in [3.05, 3.63) is 40.9 Å². The van der Waals surface area contributed by atoms with Crippen LogP contribution in [0.3, 0.4) is 0 Å². The van der Waals surface area contributed by atoms with E-state index in [0.717, 1.165) is 4.90 Å². The first-order chi connectivity index (χ1) is 9.99. The first-order valence-electron chi connectivity index (χ1n) is 6.55. The molecular weight excluding hydrogens is 294 g/mol. The van der Waals surface area contributed by atoms with E-state index >= 15 is 0 Å². The summed E-state index contributed by atoms with van der Waals surface area (Å²) in [6.45, 7) is 0. The Morgan fingerprint density at radius 2 is 1.67 bits per heavy atom. The standard InChI is InChI=1S/C15H12ClNO4/c16-9-5-8(15(20)21)6-10(7-9)17-13(18)11-3-1-2-4-12(11)14(17)19/h1-2,5-7,11-12H,3-4H2,(H,20,21)/t11-,12+. The highest BCUT2D eigenvalue weighted by Crippen LogP contribution is 2.38. The first-order valence-corrected chi connectivity index (χ1v) is 6.93. The Balaban J connectivity index is 2.03. The third-order valence-electron chi connectivity index (χ3n) is 3.90. The van der Waals surface area contributed by atoms with Crippen LogP contribution in [0.15, 0.2) is 30.4 Å². The summed E-state index contributed by atoms with van der Waals surface area (Å²) in [7, 11) is 0. The van der Waals surface area contributed by atoms with Gasteiger partial charge in [-0.05, 0) is 31.0 Å². The third-order valence-corrected chi connectivity index (χ3v) is 4.11. The quantitative estimate of drug-likeness (QED) is 0.673. The maximum atomic E-state index is 12.4. The Hall–Kier alpha value is -2.14. The highest BCUT2D eigenvalue weighted by atomic mass is 35.5. The number of fused-ring (bicyclic) bond motifs is 1. The molecule has 3 rings (SSSR count). The first kappa shape index (κ1) is 13.8. The molecule has 1 N–H and O–H groups in total. The number of imide groups is 1. The fourth-order valence-corrected chi connectivity index (χ4v) is 3.11. The van der Waals surface area contributed by atoms with Crippen molar-refractivity contribution >= 4 is 35.1 Å². The van der Waals surface area contributed by atoms with Crippen LogP contribution in [0.25, 0.3) is 0 Å². The van der Waals surface area contributed by atoms with Gasteiger partial charge in [-0.1, -0.05) is 23.8 Å². The average molecular weight is 306 g/mol. The van der Waals surface area contributed by atoms with Gasteiger partial charge in [-0.3, -0.25) is 9.59 Å². The van der Waals surface area contributed by atoms with Crippen molar-refractivity contribution in [2.45, 2.75) is 12.8 Å². The number of carboxylic acid groups (broad SMARTS) is 1. The van der Waals surface area contributed by atoms with E-state index in [4.69, 9.17) is 16.7 Å². The number of benzene rings is 1. The molecule has 1 fully saturated rings. The van der Waals surface area contributed by atoms with Gasteiger partial charge >= 0.3 is 5.97 Å². The fraction of sp³-hybridized carbons (Fsp3) is 0.267. The van der Waals surface area contributed by atoms with Gasteiger partial charge in [0.05, 0.1) is 23.1 Å². The molecule has 0 unspecified atom stereocenters. The predicted molar refractivity (Wildman–Crippen MR) is 76.3 cm³/mol. The number of nitrogens with zero attached hydrogens (tertiary/aromatic N) is 1. The average Bonchev–Trinajstić information content (AvgIpc) is 2.71. The molecule has 0 bridgehead atoms. The van der Waals surface area contributed by atoms with Gasteiger partial charge in [0.15, 0.2) is 0 Å². The van der Waals surface area contributed by atoms with Crippen molar-refractivity contribution in [3.8, 4) is 0 Å². The van der Waals surface area contributed by atoms with Crippen molar-refractivity contribution in [2.75, 3.05) is 4.90 Å². The van der Waals surface area contributed by atoms with Crippen molar-refractivity contribution in [3.63, 3.8) is 0 Å². The number of anilines is 1. The lowest BCUT2D eigenvalue weighted by molar-refractivity contribution is -0.122. The molecule has 1 aliphatic heterocycles. The van der Waals surface area contributed by atoms with Gasteiger partial charge < -0.3 is 5.11 Å². The van der Waals surface area contributed by atoms with E-state index in [-0.39, 0.29) is 39.9 Å². The molecule has 1 aromatic carbocycles. The molecule has 2 aliphatic rings. The Morgan fingerprint density at radius 3 is 2.19 bits per heavy atom. The SMILES string of the molecule is O=C(O)c1cc(Cl)cc(N2C(=O)[C@H]3CC=CC[C@H]3C2=O)c1. The van der Waals surface area contributed by atoms with Crippen molar-refractivity contribution in [1.29, 1.82) is 0 Å². The topological polar surface area (TPSA) is 74.7 Å². The number of carboxylic acids is 1. The van der Waals surface area contributed by atoms with Crippen LogP contribution in [0.2, 0.25) is 5.02 Å². The molecule has 1 aliphatic carbocycles. The van der Waals surface area contributed by atoms with Gasteiger partial charge in [0, 0.05) is 5.02 Å². The molecule has 2 atom stereocenters. The summed E-state index contributed by atoms with van der Waals surface area (Å²) in [5.41, 5.74) is 0.176. The monoisotopic (exact) mass is 305 g/mol. The Kier molecular flexibility index (Phi) is 3.29. The molecule has 1 saturated heterocycles. The van der Waals surface area contributed by atoms with Crippen LogP contribution in [-0.2, 0) is 9.59 Å². The van der Waals surface area contributed by atoms with E-state index in [2.05, 4.69) is 0 Å². The zero-order chi connectivity index (χ0) is 15.1. The van der Waals surface area contributed by atoms with Gasteiger partial charge in [0.25, 0.3) is 0 Å². The van der Waals surface area contributed by atoms with Crippen molar-refractivity contribution < 1.29 is 19.5 Å². The molecule has 6 heteroatoms. The summed E-state index contributed by atoms with van der Waals surface area (Å²) in [5.74, 6) is -2.43. The molecule has 1 aromatic rings. The Bertz CT molecular complexity index is 656. The molecule has 5 nitrogen and oxygen atoms in total. The second-order valence-corrected chi connectivity index (χ2v) is 5.61. The number of hydrogen-bond donors (Lipinski definition) is 1. The van der Waals surface area contributed by atoms with Gasteiger partial charge in [-0.2, -0.15) is 0 Å². The predicted octanol–water partition coefficient (Wildman–Crippen LogP) is 2.49. The lowest BCUT2D eigenvalue weighted by atomic mass is 9.85. The minimum absolute atomic E-state index is 0.0499. The lowest BCUT2D eigenvalue weighted by Gasteiger charge is -2.15. The molecule has 0 spiro atoms. The summed E-state index contributed by atoms with van der Waals surface area (Å²) in [6.07, 6.45) is 4.88. The van der Waals surface area contributed by atoms with E-state index in [9.17, 15) is 14.4 Å². The molecule has 1 heterocycles. The molecule has 108 valence electrons. The number of amides is 2. The smallest absolute Gasteiger partial charge is 0.335 e. The highest BCUT2D eigenvalue weighted by Gasteiger charge is 2.47. The summed E-state index contributed by atoms with van der Waals surface area (Å²) >= 11 is 5.90. The largest absolute Gasteiger partial charge is 0.478 e. The number of rotatable bonds is 2. The normalized spacial score (nSPS) is 24.3. The number of halogens is 1. The summed E-state index contributed by atoms with van der Waals surface area (Å²) in [4.78, 5) is 37.0. The number of aromatic carboxylic acids is 1. The van der Waals surface area contributed by atoms with Crippen LogP contribution >= 0.6 is 11.6 Å². The number of hydrogen-bond acceptors (Lipinski definition) is 3. The number of allylic oxidation sites excluding steroid dienone is 2. The minimum atomic E-state index is -1.16. The molecule has 0 saturated carbocycles. The maximum Gasteiger partial charge on any atom is 0.335 e. The van der Waals surface area contributed by atoms with Gasteiger partial charge in [0.1, 0.15) is 0 Å². The van der Waals surface area contributed by atoms with Gasteiger partial charge in [0.2, 0.25) is 11.8 Å². The van der Waals surface area contributed by atoms with Crippen molar-refractivity contribution in [2.24, 2.45) is 11.8 Å². The molecule has 21 heavy (non-hydrogen) atoms. The molecular formula is C15H12ClNO4. The van der Waals surface area contributed by atoms with E-state index in [0.29, 0.717) is 12.8 Å². The van der Waals surface area contributed by atoms with Crippen LogP contribution in [0.4, 0.5) is 5.69 Å². The Morgan fingerprint density at radius 1 is 1.10 bits per heavy atom. The summed E-state index contributed by atoms with van der Waals surface area (Å²) in [5, 5.41) is 9.24. The van der Waals surface area contributed by atoms with Crippen LogP contribution in [0, 0.1) is 11.8 Å². The summed E-state index contributed by atoms with van der Waals surface area (Å²) < 4.78 is 0. The zero-order valence-electron chi connectivity index (χ0n) is 11.0. The molecule has 0 radical (unpaired) electrons.